The maximum atomic E-state index is 11.8. The van der Waals surface area contributed by atoms with Crippen LogP contribution < -0.4 is 20.1 Å². The van der Waals surface area contributed by atoms with E-state index < -0.39 is 0 Å². The Bertz CT molecular complexity index is 421. The highest BCUT2D eigenvalue weighted by Gasteiger charge is 2.09. The van der Waals surface area contributed by atoms with Gasteiger partial charge in [0.1, 0.15) is 0 Å². The SMILES string of the molecule is CCCC(C)NC(=O)Nc1ccc(OC)c(OC)c1. The lowest BCUT2D eigenvalue weighted by molar-refractivity contribution is 0.248. The van der Waals surface area contributed by atoms with Crippen LogP contribution in [-0.4, -0.2) is 26.3 Å². The largest absolute Gasteiger partial charge is 0.493 e. The third kappa shape index (κ3) is 4.69. The summed E-state index contributed by atoms with van der Waals surface area (Å²) in [6.07, 6.45) is 2.00. The zero-order chi connectivity index (χ0) is 14.3. The number of ether oxygens (including phenoxy) is 2. The van der Waals surface area contributed by atoms with Crippen molar-refractivity contribution in [1.82, 2.24) is 5.32 Å². The van der Waals surface area contributed by atoms with Crippen molar-refractivity contribution in [3.05, 3.63) is 18.2 Å². The number of hydrogen-bond acceptors (Lipinski definition) is 3. The molecule has 1 atom stereocenters. The van der Waals surface area contributed by atoms with Gasteiger partial charge < -0.3 is 20.1 Å². The summed E-state index contributed by atoms with van der Waals surface area (Å²) in [6, 6.07) is 5.19. The van der Waals surface area contributed by atoms with Crippen molar-refractivity contribution in [2.24, 2.45) is 0 Å². The number of carbonyl (C=O) groups excluding carboxylic acids is 1. The Morgan fingerprint density at radius 1 is 1.26 bits per heavy atom. The fourth-order valence-electron chi connectivity index (χ4n) is 1.81. The average molecular weight is 266 g/mol. The molecule has 0 fully saturated rings. The molecular formula is C14H22N2O3. The molecule has 2 N–H and O–H groups in total. The van der Waals surface area contributed by atoms with E-state index in [0.717, 1.165) is 12.8 Å². The lowest BCUT2D eigenvalue weighted by Crippen LogP contribution is -2.35. The molecule has 0 spiro atoms. The first kappa shape index (κ1) is 15.1. The number of rotatable bonds is 6. The molecule has 1 unspecified atom stereocenters. The molecule has 1 aromatic rings. The second-order valence-corrected chi connectivity index (χ2v) is 4.36. The first-order chi connectivity index (χ1) is 9.10. The quantitative estimate of drug-likeness (QED) is 0.832. The molecule has 0 aliphatic heterocycles. The lowest BCUT2D eigenvalue weighted by Gasteiger charge is -2.14. The van der Waals surface area contributed by atoms with Gasteiger partial charge in [-0.3, -0.25) is 0 Å². The zero-order valence-corrected chi connectivity index (χ0v) is 11.9. The Morgan fingerprint density at radius 2 is 1.95 bits per heavy atom. The third-order valence-electron chi connectivity index (χ3n) is 2.74. The summed E-state index contributed by atoms with van der Waals surface area (Å²) >= 11 is 0. The first-order valence-corrected chi connectivity index (χ1v) is 6.40. The predicted octanol–water partition coefficient (Wildman–Crippen LogP) is 3.01. The van der Waals surface area contributed by atoms with Gasteiger partial charge in [0.25, 0.3) is 0 Å². The molecule has 0 saturated heterocycles. The second-order valence-electron chi connectivity index (χ2n) is 4.36. The van der Waals surface area contributed by atoms with Crippen molar-refractivity contribution in [3.63, 3.8) is 0 Å². The van der Waals surface area contributed by atoms with Gasteiger partial charge in [0, 0.05) is 17.8 Å². The minimum absolute atomic E-state index is 0.158. The van der Waals surface area contributed by atoms with Crippen molar-refractivity contribution in [2.45, 2.75) is 32.7 Å². The molecule has 0 aromatic heterocycles. The number of nitrogens with one attached hydrogen (secondary N) is 2. The van der Waals surface area contributed by atoms with Gasteiger partial charge in [-0.15, -0.1) is 0 Å². The Kier molecular flexibility index (Phi) is 5.99. The standard InChI is InChI=1S/C14H22N2O3/c1-5-6-10(2)15-14(17)16-11-7-8-12(18-3)13(9-11)19-4/h7-10H,5-6H2,1-4H3,(H2,15,16,17). The van der Waals surface area contributed by atoms with Crippen LogP contribution in [0.4, 0.5) is 10.5 Å². The lowest BCUT2D eigenvalue weighted by atomic mass is 10.2. The molecule has 106 valence electrons. The Balaban J connectivity index is 2.64. The molecule has 2 amide bonds. The van der Waals surface area contributed by atoms with Gasteiger partial charge in [0.15, 0.2) is 11.5 Å². The number of carbonyl (C=O) groups is 1. The van der Waals surface area contributed by atoms with E-state index in [1.54, 1.807) is 32.4 Å². The molecule has 1 aromatic carbocycles. The smallest absolute Gasteiger partial charge is 0.319 e. The van der Waals surface area contributed by atoms with Gasteiger partial charge in [0.2, 0.25) is 0 Å². The van der Waals surface area contributed by atoms with E-state index in [-0.39, 0.29) is 12.1 Å². The van der Waals surface area contributed by atoms with Crippen LogP contribution in [0.15, 0.2) is 18.2 Å². The minimum atomic E-state index is -0.215. The third-order valence-corrected chi connectivity index (χ3v) is 2.74. The molecule has 0 aliphatic rings. The molecule has 0 saturated carbocycles. The monoisotopic (exact) mass is 266 g/mol. The van der Waals surface area contributed by atoms with Crippen LogP contribution in [0.3, 0.4) is 0 Å². The number of hydrogen-bond donors (Lipinski definition) is 2. The summed E-state index contributed by atoms with van der Waals surface area (Å²) in [5, 5.41) is 5.64. The van der Waals surface area contributed by atoms with Gasteiger partial charge in [-0.05, 0) is 25.5 Å². The van der Waals surface area contributed by atoms with Crippen molar-refractivity contribution in [3.8, 4) is 11.5 Å². The second kappa shape index (κ2) is 7.51. The molecular weight excluding hydrogens is 244 g/mol. The number of amides is 2. The summed E-state index contributed by atoms with van der Waals surface area (Å²) in [4.78, 5) is 11.8. The van der Waals surface area contributed by atoms with E-state index in [1.165, 1.54) is 0 Å². The maximum Gasteiger partial charge on any atom is 0.319 e. The van der Waals surface area contributed by atoms with Crippen molar-refractivity contribution < 1.29 is 14.3 Å². The van der Waals surface area contributed by atoms with Crippen molar-refractivity contribution in [1.29, 1.82) is 0 Å². The molecule has 0 radical (unpaired) electrons. The van der Waals surface area contributed by atoms with E-state index in [1.807, 2.05) is 6.92 Å². The van der Waals surface area contributed by atoms with Gasteiger partial charge in [-0.1, -0.05) is 13.3 Å². The van der Waals surface area contributed by atoms with Crippen LogP contribution >= 0.6 is 0 Å². The highest BCUT2D eigenvalue weighted by molar-refractivity contribution is 5.89. The molecule has 19 heavy (non-hydrogen) atoms. The molecule has 0 aliphatic carbocycles. The normalized spacial score (nSPS) is 11.6. The number of urea groups is 1. The summed E-state index contributed by atoms with van der Waals surface area (Å²) in [6.45, 7) is 4.07. The highest BCUT2D eigenvalue weighted by atomic mass is 16.5. The molecule has 5 heteroatoms. The number of anilines is 1. The van der Waals surface area contributed by atoms with Gasteiger partial charge >= 0.3 is 6.03 Å². The minimum Gasteiger partial charge on any atom is -0.493 e. The highest BCUT2D eigenvalue weighted by Crippen LogP contribution is 2.29. The van der Waals surface area contributed by atoms with Crippen LogP contribution in [0, 0.1) is 0 Å². The van der Waals surface area contributed by atoms with Crippen LogP contribution in [0.5, 0.6) is 11.5 Å². The maximum absolute atomic E-state index is 11.8. The van der Waals surface area contributed by atoms with Crippen LogP contribution in [0.25, 0.3) is 0 Å². The fourth-order valence-corrected chi connectivity index (χ4v) is 1.81. The number of benzene rings is 1. The zero-order valence-electron chi connectivity index (χ0n) is 11.9. The van der Waals surface area contributed by atoms with Crippen molar-refractivity contribution >= 4 is 11.7 Å². The van der Waals surface area contributed by atoms with E-state index in [4.69, 9.17) is 9.47 Å². The van der Waals surface area contributed by atoms with E-state index >= 15 is 0 Å². The average Bonchev–Trinajstić information content (AvgIpc) is 2.38. The predicted molar refractivity (Wildman–Crippen MR) is 76.1 cm³/mol. The molecule has 5 nitrogen and oxygen atoms in total. The Hall–Kier alpha value is -1.91. The molecule has 0 heterocycles. The Labute approximate surface area is 114 Å². The van der Waals surface area contributed by atoms with Gasteiger partial charge in [-0.2, -0.15) is 0 Å². The van der Waals surface area contributed by atoms with E-state index in [2.05, 4.69) is 17.6 Å². The topological polar surface area (TPSA) is 59.6 Å². The van der Waals surface area contributed by atoms with Gasteiger partial charge in [0.05, 0.1) is 14.2 Å². The summed E-state index contributed by atoms with van der Waals surface area (Å²) < 4.78 is 10.3. The molecule has 0 bridgehead atoms. The number of methoxy groups -OCH3 is 2. The van der Waals surface area contributed by atoms with Crippen molar-refractivity contribution in [2.75, 3.05) is 19.5 Å². The van der Waals surface area contributed by atoms with Crippen LogP contribution in [0.1, 0.15) is 26.7 Å². The Morgan fingerprint density at radius 3 is 2.53 bits per heavy atom. The summed E-state index contributed by atoms with van der Waals surface area (Å²) in [5.41, 5.74) is 0.666. The van der Waals surface area contributed by atoms with E-state index in [9.17, 15) is 4.79 Å². The molecule has 1 rings (SSSR count). The van der Waals surface area contributed by atoms with Gasteiger partial charge in [-0.25, -0.2) is 4.79 Å². The fraction of sp³-hybridized carbons (Fsp3) is 0.500. The van der Waals surface area contributed by atoms with E-state index in [0.29, 0.717) is 17.2 Å². The summed E-state index contributed by atoms with van der Waals surface area (Å²) in [5.74, 6) is 1.22. The first-order valence-electron chi connectivity index (χ1n) is 6.40. The van der Waals surface area contributed by atoms with Crippen LogP contribution in [0.2, 0.25) is 0 Å². The van der Waals surface area contributed by atoms with Crippen LogP contribution in [-0.2, 0) is 0 Å². The summed E-state index contributed by atoms with van der Waals surface area (Å²) in [7, 11) is 3.13.